The molecular formula is C14H19NO6S. The number of carbonyl (C=O) groups excluding carboxylic acids is 2. The van der Waals surface area contributed by atoms with Gasteiger partial charge in [0, 0.05) is 13.1 Å². The van der Waals surface area contributed by atoms with Crippen molar-refractivity contribution < 1.29 is 27.5 Å². The van der Waals surface area contributed by atoms with Crippen LogP contribution in [0.4, 0.5) is 0 Å². The minimum atomic E-state index is -3.28. The Kier molecular flexibility index (Phi) is 3.56. The smallest absolute Gasteiger partial charge is 0.347 e. The van der Waals surface area contributed by atoms with Crippen LogP contribution in [0.25, 0.3) is 0 Å². The lowest BCUT2D eigenvalue weighted by Gasteiger charge is -2.29. The number of hydrogen-bond donors (Lipinski definition) is 0. The fourth-order valence-corrected chi connectivity index (χ4v) is 6.34. The molecule has 6 atom stereocenters. The molecule has 22 heavy (non-hydrogen) atoms. The Hall–Kier alpha value is -1.41. The van der Waals surface area contributed by atoms with E-state index in [0.717, 1.165) is 12.5 Å². The highest BCUT2D eigenvalue weighted by molar-refractivity contribution is 7.90. The van der Waals surface area contributed by atoms with Crippen molar-refractivity contribution in [1.29, 1.82) is 0 Å². The molecule has 7 nitrogen and oxygen atoms in total. The zero-order chi connectivity index (χ0) is 16.2. The largest absolute Gasteiger partial charge is 0.458 e. The molecule has 1 saturated heterocycles. The maximum atomic E-state index is 12.3. The van der Waals surface area contributed by atoms with Gasteiger partial charge in [-0.1, -0.05) is 6.58 Å². The predicted octanol–water partition coefficient (Wildman–Crippen LogP) is 0.0681. The van der Waals surface area contributed by atoms with Crippen molar-refractivity contribution in [2.24, 2.45) is 11.8 Å². The summed E-state index contributed by atoms with van der Waals surface area (Å²) in [5.74, 6) is -1.25. The van der Waals surface area contributed by atoms with Crippen LogP contribution in [0.3, 0.4) is 0 Å². The SMILES string of the molecule is C=CC(=O)OC(C)C(=O)OC1C2CC3C1N(C)S(=O)(=O)C3C2. The summed E-state index contributed by atoms with van der Waals surface area (Å²) in [7, 11) is -1.73. The fraction of sp³-hybridized carbons (Fsp3) is 0.714. The van der Waals surface area contributed by atoms with E-state index in [9.17, 15) is 18.0 Å². The second-order valence-corrected chi connectivity index (χ2v) is 8.38. The number of carbonyl (C=O) groups is 2. The van der Waals surface area contributed by atoms with Crippen LogP contribution in [0.1, 0.15) is 19.8 Å². The van der Waals surface area contributed by atoms with Gasteiger partial charge >= 0.3 is 11.9 Å². The molecule has 3 aliphatic rings. The molecule has 2 aliphatic carbocycles. The Bertz CT molecular complexity index is 629. The highest BCUT2D eigenvalue weighted by Crippen LogP contribution is 2.56. The summed E-state index contributed by atoms with van der Waals surface area (Å²) in [6, 6.07) is -0.292. The summed E-state index contributed by atoms with van der Waals surface area (Å²) < 4.78 is 36.2. The zero-order valence-electron chi connectivity index (χ0n) is 12.5. The first-order chi connectivity index (χ1) is 10.3. The molecule has 0 radical (unpaired) electrons. The van der Waals surface area contributed by atoms with E-state index in [1.54, 1.807) is 7.05 Å². The molecule has 8 heteroatoms. The third kappa shape index (κ3) is 2.08. The summed E-state index contributed by atoms with van der Waals surface area (Å²) in [6.45, 7) is 4.69. The summed E-state index contributed by atoms with van der Waals surface area (Å²) in [6.07, 6.45) is 0.776. The van der Waals surface area contributed by atoms with Crippen LogP contribution in [0.2, 0.25) is 0 Å². The van der Waals surface area contributed by atoms with E-state index in [4.69, 9.17) is 9.47 Å². The molecule has 0 spiro atoms. The third-order valence-corrected chi connectivity index (χ3v) is 7.43. The van der Waals surface area contributed by atoms with Gasteiger partial charge in [0.25, 0.3) is 0 Å². The monoisotopic (exact) mass is 329 g/mol. The van der Waals surface area contributed by atoms with Crippen LogP contribution < -0.4 is 0 Å². The van der Waals surface area contributed by atoms with Crippen molar-refractivity contribution in [3.05, 3.63) is 12.7 Å². The Morgan fingerprint density at radius 1 is 1.36 bits per heavy atom. The molecule has 3 rings (SSSR count). The van der Waals surface area contributed by atoms with E-state index in [-0.39, 0.29) is 23.1 Å². The lowest BCUT2D eigenvalue weighted by Crippen LogP contribution is -2.44. The molecule has 122 valence electrons. The third-order valence-electron chi connectivity index (χ3n) is 5.08. The van der Waals surface area contributed by atoms with Crippen molar-refractivity contribution in [3.8, 4) is 0 Å². The number of sulfonamides is 1. The standard InChI is InChI=1S/C14H19NO6S/c1-4-11(16)20-7(2)14(17)21-13-8-5-9-10(6-8)22(18,19)15(3)12(9)13/h4,7-10,12-13H,1,5-6H2,2-3H3. The van der Waals surface area contributed by atoms with E-state index < -0.39 is 34.2 Å². The molecule has 1 heterocycles. The zero-order valence-corrected chi connectivity index (χ0v) is 13.3. The number of nitrogens with zero attached hydrogens (tertiary/aromatic N) is 1. The topological polar surface area (TPSA) is 90.0 Å². The van der Waals surface area contributed by atoms with Crippen LogP contribution in [0.5, 0.6) is 0 Å². The van der Waals surface area contributed by atoms with Crippen molar-refractivity contribution >= 4 is 22.0 Å². The second kappa shape index (κ2) is 5.06. The fourth-order valence-electron chi connectivity index (χ4n) is 4.09. The van der Waals surface area contributed by atoms with Crippen LogP contribution in [0.15, 0.2) is 12.7 Å². The lowest BCUT2D eigenvalue weighted by atomic mass is 9.92. The average molecular weight is 329 g/mol. The van der Waals surface area contributed by atoms with Gasteiger partial charge in [0.2, 0.25) is 10.0 Å². The molecule has 0 aromatic heterocycles. The van der Waals surface area contributed by atoms with Gasteiger partial charge in [0.15, 0.2) is 6.10 Å². The first kappa shape index (κ1) is 15.5. The van der Waals surface area contributed by atoms with E-state index in [0.29, 0.717) is 6.42 Å². The molecule has 1 aliphatic heterocycles. The van der Waals surface area contributed by atoms with E-state index in [2.05, 4.69) is 6.58 Å². The number of fused-ring (bicyclic) bond motifs is 1. The predicted molar refractivity (Wildman–Crippen MR) is 76.1 cm³/mol. The molecule has 2 saturated carbocycles. The maximum absolute atomic E-state index is 12.3. The Morgan fingerprint density at radius 2 is 2.05 bits per heavy atom. The minimum absolute atomic E-state index is 0.0313. The van der Waals surface area contributed by atoms with Gasteiger partial charge in [-0.15, -0.1) is 0 Å². The van der Waals surface area contributed by atoms with Gasteiger partial charge < -0.3 is 9.47 Å². The van der Waals surface area contributed by atoms with E-state index >= 15 is 0 Å². The number of likely N-dealkylation sites (N-methyl/N-ethyl adjacent to an activating group) is 1. The summed E-state index contributed by atoms with van der Waals surface area (Å²) in [5.41, 5.74) is 0. The second-order valence-electron chi connectivity index (χ2n) is 6.17. The van der Waals surface area contributed by atoms with Gasteiger partial charge in [-0.3, -0.25) is 0 Å². The Balaban J connectivity index is 1.71. The molecule has 2 bridgehead atoms. The molecule has 6 unspecified atom stereocenters. The Morgan fingerprint density at radius 3 is 2.68 bits per heavy atom. The summed E-state index contributed by atoms with van der Waals surface area (Å²) in [5, 5.41) is -0.335. The molecule has 0 aromatic carbocycles. The molecule has 3 fully saturated rings. The van der Waals surface area contributed by atoms with Crippen LogP contribution in [-0.4, -0.2) is 55.2 Å². The van der Waals surface area contributed by atoms with Gasteiger partial charge in [-0.05, 0) is 31.6 Å². The normalized spacial score (nSPS) is 39.5. The van der Waals surface area contributed by atoms with E-state index in [1.807, 2.05) is 0 Å². The molecule has 0 N–H and O–H groups in total. The number of esters is 2. The highest BCUT2D eigenvalue weighted by Gasteiger charge is 2.66. The average Bonchev–Trinajstić information content (AvgIpc) is 3.07. The first-order valence-electron chi connectivity index (χ1n) is 7.27. The Labute approximate surface area is 129 Å². The van der Waals surface area contributed by atoms with Crippen molar-refractivity contribution in [2.75, 3.05) is 7.05 Å². The van der Waals surface area contributed by atoms with Crippen molar-refractivity contribution in [3.63, 3.8) is 0 Å². The maximum Gasteiger partial charge on any atom is 0.347 e. The van der Waals surface area contributed by atoms with Gasteiger partial charge in [-0.2, -0.15) is 4.31 Å². The number of hydrogen-bond acceptors (Lipinski definition) is 6. The van der Waals surface area contributed by atoms with Gasteiger partial charge in [-0.25, -0.2) is 18.0 Å². The lowest BCUT2D eigenvalue weighted by molar-refractivity contribution is -0.171. The van der Waals surface area contributed by atoms with Gasteiger partial charge in [0.05, 0.1) is 11.3 Å². The van der Waals surface area contributed by atoms with Crippen LogP contribution >= 0.6 is 0 Å². The first-order valence-corrected chi connectivity index (χ1v) is 8.78. The van der Waals surface area contributed by atoms with E-state index in [1.165, 1.54) is 11.2 Å². The van der Waals surface area contributed by atoms with Gasteiger partial charge in [0.1, 0.15) is 6.10 Å². The number of ether oxygens (including phenoxy) is 2. The summed E-state index contributed by atoms with van der Waals surface area (Å²) >= 11 is 0. The molecular weight excluding hydrogens is 310 g/mol. The molecule has 0 amide bonds. The molecule has 0 aromatic rings. The van der Waals surface area contributed by atoms with Crippen LogP contribution in [-0.2, 0) is 29.1 Å². The van der Waals surface area contributed by atoms with Crippen LogP contribution in [0, 0.1) is 11.8 Å². The summed E-state index contributed by atoms with van der Waals surface area (Å²) in [4.78, 5) is 23.2. The highest BCUT2D eigenvalue weighted by atomic mass is 32.2. The quantitative estimate of drug-likeness (QED) is 0.535. The number of rotatable bonds is 4. The van der Waals surface area contributed by atoms with Crippen molar-refractivity contribution in [2.45, 2.75) is 43.3 Å². The van der Waals surface area contributed by atoms with Crippen molar-refractivity contribution in [1.82, 2.24) is 4.31 Å². The minimum Gasteiger partial charge on any atom is -0.458 e.